The largest absolute Gasteiger partial charge is 0.340 e. The minimum atomic E-state index is 0. The zero-order chi connectivity index (χ0) is 14.5. The van der Waals surface area contributed by atoms with E-state index in [-0.39, 0.29) is 24.1 Å². The molecule has 4 nitrogen and oxygen atoms in total. The highest BCUT2D eigenvalue weighted by Gasteiger charge is 2.20. The summed E-state index contributed by atoms with van der Waals surface area (Å²) in [6, 6.07) is 7.84. The Labute approximate surface area is 132 Å². The number of nitrogens with one attached hydrogen (secondary N) is 1. The third-order valence-electron chi connectivity index (χ3n) is 3.66. The van der Waals surface area contributed by atoms with Gasteiger partial charge < -0.3 is 10.2 Å². The smallest absolute Gasteiger partial charge is 0.223 e. The molecule has 1 atom stereocenters. The first-order valence-corrected chi connectivity index (χ1v) is 7.17. The van der Waals surface area contributed by atoms with Crippen molar-refractivity contribution in [3.8, 4) is 0 Å². The molecule has 0 aliphatic carbocycles. The molecule has 1 aromatic carbocycles. The summed E-state index contributed by atoms with van der Waals surface area (Å²) >= 11 is 0. The van der Waals surface area contributed by atoms with Gasteiger partial charge >= 0.3 is 0 Å². The topological polar surface area (TPSA) is 49.4 Å². The first kappa shape index (κ1) is 17.7. The molecule has 0 saturated carbocycles. The van der Waals surface area contributed by atoms with Crippen molar-refractivity contribution in [1.29, 1.82) is 0 Å². The van der Waals surface area contributed by atoms with Crippen molar-refractivity contribution in [2.75, 3.05) is 19.6 Å². The van der Waals surface area contributed by atoms with Gasteiger partial charge in [0.2, 0.25) is 5.91 Å². The maximum atomic E-state index is 12.1. The van der Waals surface area contributed by atoms with E-state index in [1.165, 1.54) is 0 Å². The molecule has 1 N–H and O–H groups in total. The Kier molecular flexibility index (Phi) is 6.85. The monoisotopic (exact) mass is 310 g/mol. The molecule has 21 heavy (non-hydrogen) atoms. The number of Topliss-reactive ketones (excluding diaryl/α,β-unsaturated/α-hetero) is 1. The van der Waals surface area contributed by atoms with Crippen LogP contribution in [0.15, 0.2) is 24.3 Å². The van der Waals surface area contributed by atoms with Crippen molar-refractivity contribution in [2.24, 2.45) is 0 Å². The van der Waals surface area contributed by atoms with Gasteiger partial charge in [-0.3, -0.25) is 9.59 Å². The number of carbonyl (C=O) groups excluding carboxylic acids is 2. The summed E-state index contributed by atoms with van der Waals surface area (Å²) in [6.45, 7) is 6.36. The second kappa shape index (κ2) is 8.15. The third kappa shape index (κ3) is 5.14. The Hall–Kier alpha value is -1.39. The van der Waals surface area contributed by atoms with Crippen LogP contribution in [0, 0.1) is 6.92 Å². The van der Waals surface area contributed by atoms with Crippen molar-refractivity contribution in [1.82, 2.24) is 10.2 Å². The summed E-state index contributed by atoms with van der Waals surface area (Å²) < 4.78 is 0. The van der Waals surface area contributed by atoms with E-state index in [1.807, 2.05) is 36.1 Å². The zero-order valence-corrected chi connectivity index (χ0v) is 13.4. The number of carbonyl (C=O) groups is 2. The first-order chi connectivity index (χ1) is 9.56. The normalized spacial score (nSPS) is 18.0. The number of benzene rings is 1. The van der Waals surface area contributed by atoms with Crippen LogP contribution in [0.2, 0.25) is 0 Å². The summed E-state index contributed by atoms with van der Waals surface area (Å²) in [7, 11) is 0. The number of piperazine rings is 1. The zero-order valence-electron chi connectivity index (χ0n) is 12.6. The lowest BCUT2D eigenvalue weighted by Crippen LogP contribution is -2.51. The fraction of sp³-hybridized carbons (Fsp3) is 0.500. The van der Waals surface area contributed by atoms with Gasteiger partial charge in [0.1, 0.15) is 0 Å². The van der Waals surface area contributed by atoms with Gasteiger partial charge in [-0.25, -0.2) is 0 Å². The average Bonchev–Trinajstić information content (AvgIpc) is 2.45. The van der Waals surface area contributed by atoms with E-state index >= 15 is 0 Å². The highest BCUT2D eigenvalue weighted by Crippen LogP contribution is 2.09. The van der Waals surface area contributed by atoms with E-state index in [1.54, 1.807) is 0 Å². The van der Waals surface area contributed by atoms with Crippen molar-refractivity contribution in [2.45, 2.75) is 32.7 Å². The van der Waals surface area contributed by atoms with Gasteiger partial charge in [-0.2, -0.15) is 0 Å². The fourth-order valence-corrected chi connectivity index (χ4v) is 2.42. The molecule has 1 heterocycles. The van der Waals surface area contributed by atoms with Crippen molar-refractivity contribution >= 4 is 24.1 Å². The molecule has 0 spiro atoms. The van der Waals surface area contributed by atoms with Crippen molar-refractivity contribution in [3.63, 3.8) is 0 Å². The number of ketones is 1. The molecular formula is C16H23ClN2O2. The molecule has 1 unspecified atom stereocenters. The van der Waals surface area contributed by atoms with E-state index in [2.05, 4.69) is 12.2 Å². The minimum Gasteiger partial charge on any atom is -0.340 e. The van der Waals surface area contributed by atoms with Crippen molar-refractivity contribution < 1.29 is 9.59 Å². The van der Waals surface area contributed by atoms with Crippen LogP contribution in [0.25, 0.3) is 0 Å². The molecule has 1 saturated heterocycles. The Morgan fingerprint density at radius 2 is 1.90 bits per heavy atom. The highest BCUT2D eigenvalue weighted by molar-refractivity contribution is 5.98. The highest BCUT2D eigenvalue weighted by atomic mass is 35.5. The molecule has 1 aliphatic rings. The van der Waals surface area contributed by atoms with Crippen LogP contribution in [-0.4, -0.2) is 42.3 Å². The molecular weight excluding hydrogens is 288 g/mol. The molecule has 0 aromatic heterocycles. The number of rotatable bonds is 4. The number of aryl methyl sites for hydroxylation is 1. The molecule has 1 amide bonds. The lowest BCUT2D eigenvalue weighted by Gasteiger charge is -2.31. The molecule has 116 valence electrons. The van der Waals surface area contributed by atoms with Crippen LogP contribution in [0.3, 0.4) is 0 Å². The summed E-state index contributed by atoms with van der Waals surface area (Å²) in [5.41, 5.74) is 1.82. The molecule has 2 rings (SSSR count). The van der Waals surface area contributed by atoms with Gasteiger partial charge in [-0.15, -0.1) is 12.4 Å². The lowest BCUT2D eigenvalue weighted by atomic mass is 10.0. The maximum absolute atomic E-state index is 12.1. The fourth-order valence-electron chi connectivity index (χ4n) is 2.42. The Morgan fingerprint density at radius 1 is 1.24 bits per heavy atom. The standard InChI is InChI=1S/C16H22N2O2.ClH/c1-12-3-5-14(6-4-12)15(19)7-8-16(20)18-10-9-17-13(2)11-18;/h3-6,13,17H,7-11H2,1-2H3;1H. The number of nitrogens with zero attached hydrogens (tertiary/aromatic N) is 1. The van der Waals surface area contributed by atoms with Crippen LogP contribution < -0.4 is 5.32 Å². The summed E-state index contributed by atoms with van der Waals surface area (Å²) in [5.74, 6) is 0.125. The van der Waals surface area contributed by atoms with Gasteiger partial charge in [0.15, 0.2) is 5.78 Å². The Morgan fingerprint density at radius 3 is 2.52 bits per heavy atom. The van der Waals surface area contributed by atoms with Gasteiger partial charge in [0, 0.05) is 44.1 Å². The predicted octanol–water partition coefficient (Wildman–Crippen LogP) is 2.20. The van der Waals surface area contributed by atoms with E-state index in [0.717, 1.165) is 25.2 Å². The molecule has 1 aliphatic heterocycles. The second-order valence-corrected chi connectivity index (χ2v) is 5.48. The lowest BCUT2D eigenvalue weighted by molar-refractivity contribution is -0.132. The number of hydrogen-bond acceptors (Lipinski definition) is 3. The maximum Gasteiger partial charge on any atom is 0.223 e. The number of hydrogen-bond donors (Lipinski definition) is 1. The average molecular weight is 311 g/mol. The van der Waals surface area contributed by atoms with E-state index in [9.17, 15) is 9.59 Å². The van der Waals surface area contributed by atoms with E-state index in [0.29, 0.717) is 24.4 Å². The van der Waals surface area contributed by atoms with Crippen molar-refractivity contribution in [3.05, 3.63) is 35.4 Å². The van der Waals surface area contributed by atoms with Crippen LogP contribution >= 0.6 is 12.4 Å². The van der Waals surface area contributed by atoms with Crippen LogP contribution in [-0.2, 0) is 4.79 Å². The Bertz CT molecular complexity index is 488. The third-order valence-corrected chi connectivity index (χ3v) is 3.66. The quantitative estimate of drug-likeness (QED) is 0.867. The Balaban J connectivity index is 0.00000220. The first-order valence-electron chi connectivity index (χ1n) is 7.17. The minimum absolute atomic E-state index is 0. The molecule has 1 aromatic rings. The summed E-state index contributed by atoms with van der Waals surface area (Å²) in [4.78, 5) is 26.0. The molecule has 0 bridgehead atoms. The predicted molar refractivity (Wildman–Crippen MR) is 86.0 cm³/mol. The van der Waals surface area contributed by atoms with Crippen LogP contribution in [0.1, 0.15) is 35.7 Å². The van der Waals surface area contributed by atoms with Gasteiger partial charge in [0.25, 0.3) is 0 Å². The molecule has 5 heteroatoms. The van der Waals surface area contributed by atoms with E-state index in [4.69, 9.17) is 0 Å². The summed E-state index contributed by atoms with van der Waals surface area (Å²) in [5, 5.41) is 3.30. The summed E-state index contributed by atoms with van der Waals surface area (Å²) in [6.07, 6.45) is 0.597. The second-order valence-electron chi connectivity index (χ2n) is 5.48. The molecule has 1 fully saturated rings. The number of amides is 1. The SMILES string of the molecule is Cc1ccc(C(=O)CCC(=O)N2CCNC(C)C2)cc1.Cl. The van der Waals surface area contributed by atoms with Gasteiger partial charge in [-0.05, 0) is 13.8 Å². The van der Waals surface area contributed by atoms with Crippen LogP contribution in [0.5, 0.6) is 0 Å². The van der Waals surface area contributed by atoms with Crippen LogP contribution in [0.4, 0.5) is 0 Å². The van der Waals surface area contributed by atoms with Gasteiger partial charge in [-0.1, -0.05) is 29.8 Å². The van der Waals surface area contributed by atoms with Gasteiger partial charge in [0.05, 0.1) is 0 Å². The molecule has 0 radical (unpaired) electrons. The number of halogens is 1. The van der Waals surface area contributed by atoms with E-state index < -0.39 is 0 Å².